The molecule has 1 fully saturated rings. The molecule has 0 aromatic heterocycles. The third-order valence-electron chi connectivity index (χ3n) is 2.95. The lowest BCUT2D eigenvalue weighted by atomic mass is 9.93. The zero-order valence-corrected chi connectivity index (χ0v) is 9.82. The van der Waals surface area contributed by atoms with Gasteiger partial charge in [-0.3, -0.25) is 4.79 Å². The van der Waals surface area contributed by atoms with E-state index in [1.54, 1.807) is 0 Å². The number of nitrogens with one attached hydrogen (secondary N) is 1. The van der Waals surface area contributed by atoms with E-state index in [2.05, 4.69) is 12.2 Å². The van der Waals surface area contributed by atoms with E-state index in [0.29, 0.717) is 6.04 Å². The van der Waals surface area contributed by atoms with Crippen molar-refractivity contribution in [1.29, 1.82) is 0 Å². The third-order valence-corrected chi connectivity index (χ3v) is 2.95. The van der Waals surface area contributed by atoms with Crippen molar-refractivity contribution in [3.8, 4) is 0 Å². The molecule has 0 aliphatic heterocycles. The molecule has 1 aliphatic rings. The van der Waals surface area contributed by atoms with Gasteiger partial charge in [0, 0.05) is 6.04 Å². The van der Waals surface area contributed by atoms with E-state index in [0.717, 1.165) is 32.2 Å². The molecule has 1 saturated carbocycles. The fraction of sp³-hybridized carbons (Fsp3) is 0.909. The fourth-order valence-corrected chi connectivity index (χ4v) is 2.00. The Balaban J connectivity index is 2.24. The molecule has 1 atom stereocenters. The molecule has 0 heterocycles. The molecule has 1 rings (SSSR count). The Morgan fingerprint density at radius 3 is 2.62 bits per heavy atom. The van der Waals surface area contributed by atoms with Crippen LogP contribution in [0.3, 0.4) is 0 Å². The van der Waals surface area contributed by atoms with Crippen molar-refractivity contribution in [3.63, 3.8) is 0 Å². The summed E-state index contributed by atoms with van der Waals surface area (Å²) in [6.07, 6.45) is 3.78. The smallest absolute Gasteiger partial charge is 0.325 e. The number of rotatable bonds is 5. The second-order valence-electron chi connectivity index (χ2n) is 4.26. The number of esters is 1. The molecule has 5 heteroatoms. The van der Waals surface area contributed by atoms with Crippen LogP contribution in [0.25, 0.3) is 0 Å². The van der Waals surface area contributed by atoms with E-state index in [9.17, 15) is 4.79 Å². The molecule has 0 spiro atoms. The molecule has 0 unspecified atom stereocenters. The van der Waals surface area contributed by atoms with Gasteiger partial charge in [-0.1, -0.05) is 6.92 Å². The van der Waals surface area contributed by atoms with E-state index in [-0.39, 0.29) is 12.7 Å². The Hall–Kier alpha value is -0.650. The largest absolute Gasteiger partial charge is 0.461 e. The first-order chi connectivity index (χ1) is 7.67. The minimum Gasteiger partial charge on any atom is -0.461 e. The number of aliphatic hydroxyl groups is 1. The van der Waals surface area contributed by atoms with Crippen LogP contribution in [0.4, 0.5) is 0 Å². The van der Waals surface area contributed by atoms with Gasteiger partial charge in [0.15, 0.2) is 0 Å². The highest BCUT2D eigenvalue weighted by atomic mass is 16.5. The Kier molecular flexibility index (Phi) is 5.73. The van der Waals surface area contributed by atoms with Crippen molar-refractivity contribution in [2.75, 3.05) is 13.2 Å². The van der Waals surface area contributed by atoms with Crippen LogP contribution in [0, 0.1) is 0 Å². The summed E-state index contributed by atoms with van der Waals surface area (Å²) in [7, 11) is 0. The Bertz CT molecular complexity index is 215. The highest BCUT2D eigenvalue weighted by molar-refractivity contribution is 5.75. The fourth-order valence-electron chi connectivity index (χ4n) is 2.00. The maximum atomic E-state index is 11.3. The van der Waals surface area contributed by atoms with Crippen LogP contribution in [0.1, 0.15) is 32.6 Å². The number of carbonyl (C=O) groups is 1. The minimum atomic E-state index is -0.897. The maximum Gasteiger partial charge on any atom is 0.325 e. The number of nitrogens with two attached hydrogens (primary N) is 1. The summed E-state index contributed by atoms with van der Waals surface area (Å²) in [6.45, 7) is 2.71. The normalized spacial score (nSPS) is 27.4. The van der Waals surface area contributed by atoms with Crippen molar-refractivity contribution in [2.45, 2.75) is 50.8 Å². The molecule has 4 N–H and O–H groups in total. The molecule has 0 bridgehead atoms. The van der Waals surface area contributed by atoms with Gasteiger partial charge in [-0.15, -0.1) is 0 Å². The van der Waals surface area contributed by atoms with Crippen LogP contribution < -0.4 is 11.1 Å². The van der Waals surface area contributed by atoms with Gasteiger partial charge in [0.25, 0.3) is 0 Å². The van der Waals surface area contributed by atoms with Crippen molar-refractivity contribution < 1.29 is 14.6 Å². The molecule has 5 nitrogen and oxygen atoms in total. The molecule has 0 aromatic rings. The molecule has 0 radical (unpaired) electrons. The van der Waals surface area contributed by atoms with E-state index >= 15 is 0 Å². The highest BCUT2D eigenvalue weighted by Crippen LogP contribution is 2.21. The van der Waals surface area contributed by atoms with Gasteiger partial charge in [0.05, 0.1) is 6.61 Å². The van der Waals surface area contributed by atoms with Gasteiger partial charge < -0.3 is 20.9 Å². The summed E-state index contributed by atoms with van der Waals surface area (Å²) in [4.78, 5) is 11.3. The Morgan fingerprint density at radius 2 is 2.12 bits per heavy atom. The predicted octanol–water partition coefficient (Wildman–Crippen LogP) is -0.230. The molecule has 0 saturated heterocycles. The van der Waals surface area contributed by atoms with Crippen molar-refractivity contribution >= 4 is 5.97 Å². The van der Waals surface area contributed by atoms with E-state index in [1.807, 2.05) is 0 Å². The van der Waals surface area contributed by atoms with Crippen molar-refractivity contribution in [2.24, 2.45) is 5.73 Å². The third kappa shape index (κ3) is 4.08. The molecular weight excluding hydrogens is 208 g/mol. The number of hydrogen-bond acceptors (Lipinski definition) is 5. The van der Waals surface area contributed by atoms with Crippen molar-refractivity contribution in [1.82, 2.24) is 5.32 Å². The van der Waals surface area contributed by atoms with Gasteiger partial charge in [0.2, 0.25) is 0 Å². The first-order valence-corrected chi connectivity index (χ1v) is 5.97. The number of hydrogen-bond donors (Lipinski definition) is 3. The molecular formula is C11H22N2O3. The average Bonchev–Trinajstić information content (AvgIpc) is 2.31. The standard InChI is InChI=1S/C11H22N2O3/c1-2-13-8-3-5-9(6-4-8)16-11(15)10(12)7-14/h8-10,13-14H,2-7,12H2,1H3/t8-,9-,10-/m0/s1. The molecule has 0 aromatic carbocycles. The lowest BCUT2D eigenvalue weighted by Gasteiger charge is -2.29. The second kappa shape index (κ2) is 6.83. The summed E-state index contributed by atoms with van der Waals surface area (Å²) < 4.78 is 5.22. The SMILES string of the molecule is CCN[C@H]1CC[C@H](OC(=O)[C@@H](N)CO)CC1. The van der Waals surface area contributed by atoms with Gasteiger partial charge in [0.1, 0.15) is 12.1 Å². The van der Waals surface area contributed by atoms with E-state index in [1.165, 1.54) is 0 Å². The average molecular weight is 230 g/mol. The van der Waals surface area contributed by atoms with E-state index in [4.69, 9.17) is 15.6 Å². The molecule has 16 heavy (non-hydrogen) atoms. The summed E-state index contributed by atoms with van der Waals surface area (Å²) in [5.41, 5.74) is 5.37. The van der Waals surface area contributed by atoms with E-state index < -0.39 is 12.0 Å². The minimum absolute atomic E-state index is 0.0278. The summed E-state index contributed by atoms with van der Waals surface area (Å²) in [6, 6.07) is -0.349. The quantitative estimate of drug-likeness (QED) is 0.568. The zero-order valence-electron chi connectivity index (χ0n) is 9.82. The van der Waals surface area contributed by atoms with Crippen LogP contribution in [0.2, 0.25) is 0 Å². The van der Waals surface area contributed by atoms with Gasteiger partial charge in [-0.2, -0.15) is 0 Å². The van der Waals surface area contributed by atoms with Crippen LogP contribution in [-0.2, 0) is 9.53 Å². The zero-order chi connectivity index (χ0) is 12.0. The van der Waals surface area contributed by atoms with Crippen LogP contribution >= 0.6 is 0 Å². The van der Waals surface area contributed by atoms with Crippen LogP contribution in [-0.4, -0.2) is 42.4 Å². The summed E-state index contributed by atoms with van der Waals surface area (Å²) in [5.74, 6) is -0.491. The summed E-state index contributed by atoms with van der Waals surface area (Å²) in [5, 5.41) is 12.1. The van der Waals surface area contributed by atoms with Crippen LogP contribution in [0.15, 0.2) is 0 Å². The molecule has 0 amide bonds. The maximum absolute atomic E-state index is 11.3. The first-order valence-electron chi connectivity index (χ1n) is 5.97. The lowest BCUT2D eigenvalue weighted by Crippen LogP contribution is -2.40. The monoisotopic (exact) mass is 230 g/mol. The van der Waals surface area contributed by atoms with Gasteiger partial charge in [-0.25, -0.2) is 0 Å². The Labute approximate surface area is 96.3 Å². The summed E-state index contributed by atoms with van der Waals surface area (Å²) >= 11 is 0. The number of carbonyl (C=O) groups excluding carboxylic acids is 1. The van der Waals surface area contributed by atoms with Gasteiger partial charge in [-0.05, 0) is 32.2 Å². The first kappa shape index (κ1) is 13.4. The highest BCUT2D eigenvalue weighted by Gasteiger charge is 2.25. The second-order valence-corrected chi connectivity index (χ2v) is 4.26. The number of aliphatic hydroxyl groups excluding tert-OH is 1. The van der Waals surface area contributed by atoms with Gasteiger partial charge >= 0.3 is 5.97 Å². The predicted molar refractivity (Wildman–Crippen MR) is 60.9 cm³/mol. The molecule has 94 valence electrons. The Morgan fingerprint density at radius 1 is 1.50 bits per heavy atom. The molecule has 1 aliphatic carbocycles. The lowest BCUT2D eigenvalue weighted by molar-refractivity contribution is -0.153. The topological polar surface area (TPSA) is 84.6 Å². The van der Waals surface area contributed by atoms with Crippen molar-refractivity contribution in [3.05, 3.63) is 0 Å². The van der Waals surface area contributed by atoms with Crippen LogP contribution in [0.5, 0.6) is 0 Å². The number of ether oxygens (including phenoxy) is 1.